The van der Waals surface area contributed by atoms with Gasteiger partial charge in [-0.25, -0.2) is 63.1 Å². The zero-order valence-corrected chi connectivity index (χ0v) is 70.9. The number of carboxylic acid groups (broad SMARTS) is 4. The second-order valence-electron chi connectivity index (χ2n) is 22.3. The van der Waals surface area contributed by atoms with Crippen LogP contribution in [0.5, 0.6) is 0 Å². The number of hydrogen-bond acceptors (Lipinski definition) is 22. The number of benzene rings is 7. The molecule has 7 aromatic carbocycles. The first kappa shape index (κ1) is 99.8. The average Bonchev–Trinajstić information content (AvgIpc) is 1.67. The molecular formula is C87H61ClN9O18Pt2ReRu-. The summed E-state index contributed by atoms with van der Waals surface area (Å²) < 4.78 is 39.6. The van der Waals surface area contributed by atoms with E-state index in [0.717, 1.165) is 101 Å². The summed E-state index contributed by atoms with van der Waals surface area (Å²) in [5.41, 5.74) is 7.90. The number of halogens is 1. The van der Waals surface area contributed by atoms with Gasteiger partial charge in [0.25, 0.3) is 12.4 Å². The van der Waals surface area contributed by atoms with Crippen LogP contribution in [0.25, 0.3) is 87.9 Å². The van der Waals surface area contributed by atoms with E-state index < -0.39 is 34.1 Å². The number of ether oxygens (including phenoxy) is 1. The third-order valence-electron chi connectivity index (χ3n) is 14.9. The zero-order valence-electron chi connectivity index (χ0n) is 61.2. The number of carboxylic acids is 4. The second-order valence-corrected chi connectivity index (χ2v) is 23.1. The summed E-state index contributed by atoms with van der Waals surface area (Å²) in [6.45, 7) is 0.329. The van der Waals surface area contributed by atoms with Crippen LogP contribution in [0.1, 0.15) is 52.4 Å². The number of pyridine rings is 9. The summed E-state index contributed by atoms with van der Waals surface area (Å²) in [5, 5.41) is 43.0. The predicted molar refractivity (Wildman–Crippen MR) is 414 cm³/mol. The van der Waals surface area contributed by atoms with E-state index in [2.05, 4.69) is 52.0 Å². The van der Waals surface area contributed by atoms with Crippen molar-refractivity contribution in [2.24, 2.45) is 0 Å². The van der Waals surface area contributed by atoms with Crippen molar-refractivity contribution in [2.45, 2.75) is 6.73 Å². The molecule has 0 amide bonds. The van der Waals surface area contributed by atoms with E-state index in [1.807, 2.05) is 229 Å². The number of rotatable bonds is 7. The maximum atomic E-state index is 11.3. The number of para-hydroxylation sites is 1. The van der Waals surface area contributed by atoms with Crippen LogP contribution in [0.3, 0.4) is 0 Å². The van der Waals surface area contributed by atoms with Crippen LogP contribution in [-0.2, 0) is 113 Å². The smallest absolute Gasteiger partial charge is 0.408 e. The molecule has 0 saturated carbocycles. The first-order valence-corrected chi connectivity index (χ1v) is 34.6. The summed E-state index contributed by atoms with van der Waals surface area (Å²) >= 11 is 0. The van der Waals surface area contributed by atoms with Crippen LogP contribution in [0, 0.1) is 22.4 Å². The van der Waals surface area contributed by atoms with Gasteiger partial charge in [-0.15, -0.1) is 76.4 Å². The van der Waals surface area contributed by atoms with E-state index in [4.69, 9.17) is 63.0 Å². The molecule has 0 aliphatic carbocycles. The normalized spacial score (nSPS) is 9.73. The Labute approximate surface area is 735 Å². The third kappa shape index (κ3) is 34.2. The molecule has 0 saturated heterocycles. The molecule has 0 atom stereocenters. The van der Waals surface area contributed by atoms with Gasteiger partial charge in [-0.1, -0.05) is 146 Å². The predicted octanol–water partition coefficient (Wildman–Crippen LogP) is 10.5. The van der Waals surface area contributed by atoms with Gasteiger partial charge in [-0.05, 0) is 106 Å². The molecule has 119 heavy (non-hydrogen) atoms. The van der Waals surface area contributed by atoms with Gasteiger partial charge in [-0.3, -0.25) is 9.97 Å². The molecule has 0 unspecified atom stereocenters. The Kier molecular flexibility index (Phi) is 45.7. The van der Waals surface area contributed by atoms with Gasteiger partial charge < -0.3 is 35.1 Å². The summed E-state index contributed by atoms with van der Waals surface area (Å²) in [7, 11) is -4.69. The van der Waals surface area contributed by atoms with Crippen LogP contribution in [0.4, 0.5) is 0 Å². The molecule has 0 fully saturated rings. The van der Waals surface area contributed by atoms with Gasteiger partial charge in [0.1, 0.15) is 11.4 Å². The van der Waals surface area contributed by atoms with E-state index in [9.17, 15) is 24.0 Å². The maximum absolute atomic E-state index is 11.3. The third-order valence-corrected chi connectivity index (χ3v) is 14.9. The fraction of sp³-hybridized carbons (Fsp3) is 0.0115. The monoisotopic (exact) mass is 2230 g/mol. The number of fused-ring (bicyclic) bond motifs is 7. The minimum absolute atomic E-state index is 0. The molecule has 17 rings (SSSR count). The molecule has 0 bridgehead atoms. The van der Waals surface area contributed by atoms with Crippen molar-refractivity contribution in [3.8, 4) is 33.9 Å². The quantitative estimate of drug-likeness (QED) is 0.0325. The number of cyclic esters (lactones) is 1. The average molecular weight is 2230 g/mol. The second kappa shape index (κ2) is 54.5. The number of aromatic nitrogens is 9. The molecule has 9 aromatic heterocycles. The number of nitrogens with zero attached hydrogens (tertiary/aromatic N) is 9. The zero-order chi connectivity index (χ0) is 82.6. The Hall–Kier alpha value is -13.3. The number of aromatic carboxylic acids is 4. The van der Waals surface area contributed by atoms with Crippen molar-refractivity contribution < 1.29 is 184 Å². The van der Waals surface area contributed by atoms with Crippen molar-refractivity contribution in [1.82, 2.24) is 39.9 Å². The van der Waals surface area contributed by atoms with Crippen molar-refractivity contribution in [1.29, 1.82) is 0 Å². The van der Waals surface area contributed by atoms with Gasteiger partial charge in [0.15, 0.2) is 11.4 Å². The van der Waals surface area contributed by atoms with E-state index >= 15 is 0 Å². The van der Waals surface area contributed by atoms with Gasteiger partial charge in [0, 0.05) is 171 Å². The van der Waals surface area contributed by atoms with Gasteiger partial charge in [-0.2, -0.15) is 14.0 Å². The first-order chi connectivity index (χ1) is 55.7. The number of carbonyl (C=O) groups excluding carboxylic acids is 5. The summed E-state index contributed by atoms with van der Waals surface area (Å²) in [4.78, 5) is 120. The molecule has 27 nitrogen and oxygen atoms in total. The summed E-state index contributed by atoms with van der Waals surface area (Å²) in [5.74, 6) is -0.708. The Bertz CT molecular complexity index is 5500. The van der Waals surface area contributed by atoms with E-state index in [1.54, 1.807) is 91.8 Å². The fourth-order valence-corrected chi connectivity index (χ4v) is 9.94. The van der Waals surface area contributed by atoms with Crippen LogP contribution < -0.4 is 18.5 Å². The fourth-order valence-electron chi connectivity index (χ4n) is 9.94. The Morgan fingerprint density at radius 3 is 1.04 bits per heavy atom. The number of hydrogen-bond donors (Lipinski definition) is 5. The van der Waals surface area contributed by atoms with Gasteiger partial charge in [0.05, 0.1) is 26.3 Å². The van der Waals surface area contributed by atoms with Gasteiger partial charge in [0.2, 0.25) is 29.3 Å². The SMILES string of the molecule is O=C(O)c1cc2ccccc2cn1.O=C(O)c1cc2ccccc2cn1.O=C(O)c1nccc2ccccc12.O=C(O)c1nccc2ccccc12.O=C1OC[n+]2c1ccc1ccccc12.O=C=C=O.O=C=C=O.[O-][Cl+3]([O-])([O-])O.[Pt].[Pt].[Re].[Ru].[c-]1ccccc1-c1ccccn1.[c-]1ccccc1-c1ccccn1.c1ccc(-c2ccccn2)nc1. The van der Waals surface area contributed by atoms with Crippen LogP contribution in [0.2, 0.25) is 0 Å². The maximum Gasteiger partial charge on any atom is 0.408 e. The molecule has 1 aliphatic rings. The standard InChI is InChI=1S/C11H8NO2.2C11H8N.C10H8N2.4C10H7NO2.2C2O2.ClHO4.2Pt.Re.Ru/c13-11-10-6-5-8-3-1-2-4-9(8)12(10)7-14-11;2*1-2-6-10(7-3-1)11-8-4-5-9-12-11;1-3-7-11-9(5-1)10-6-2-4-8-12-10;2*12-10(13)9-5-7-3-1-2-4-8(7)6-11-9;2*12-10(13)9-8-4-2-1-3-7(8)5-6-11-9;2*3-1-2-4;2-1(3,4)5;;;;/h1-6H,7H2;2*1-6,8-9H;1-8H;4*1-6H,(H,12,13);;;(H,2,3,4,5);;;;/q+1;2*-1;;;;;;;;;;;;. The van der Waals surface area contributed by atoms with Crippen LogP contribution in [0.15, 0.2) is 329 Å². The van der Waals surface area contributed by atoms with E-state index in [0.29, 0.717) is 23.2 Å². The number of carbonyl (C=O) groups is 5. The summed E-state index contributed by atoms with van der Waals surface area (Å²) in [6.07, 6.45) is 13.3. The van der Waals surface area contributed by atoms with Crippen LogP contribution in [-0.4, -0.2) is 119 Å². The molecule has 0 spiro atoms. The van der Waals surface area contributed by atoms with E-state index in [1.165, 1.54) is 12.4 Å². The minimum atomic E-state index is -4.69. The largest absolute Gasteiger partial charge is 0.477 e. The molecular weight excluding hydrogens is 2170 g/mol. The molecule has 605 valence electrons. The Morgan fingerprint density at radius 2 is 0.706 bits per heavy atom. The Morgan fingerprint density at radius 1 is 0.378 bits per heavy atom. The molecule has 10 heterocycles. The van der Waals surface area contributed by atoms with Crippen molar-refractivity contribution >= 4 is 108 Å². The molecule has 5 N–H and O–H groups in total. The molecule has 16 aromatic rings. The minimum Gasteiger partial charge on any atom is -0.477 e. The van der Waals surface area contributed by atoms with Crippen LogP contribution >= 0.6 is 0 Å². The first-order valence-electron chi connectivity index (χ1n) is 33.3. The van der Waals surface area contributed by atoms with Crippen molar-refractivity contribution in [3.05, 3.63) is 369 Å². The van der Waals surface area contributed by atoms with Crippen molar-refractivity contribution in [2.75, 3.05) is 0 Å². The van der Waals surface area contributed by atoms with E-state index in [-0.39, 0.29) is 111 Å². The topological polar surface area (TPSA) is 440 Å². The Balaban J connectivity index is 0.000000343. The molecule has 1 radical (unpaired) electrons. The molecule has 32 heteroatoms. The number of esters is 1. The summed E-state index contributed by atoms with van der Waals surface area (Å²) in [6, 6.07) is 93.3. The molecule has 1 aliphatic heterocycles. The van der Waals surface area contributed by atoms with Crippen molar-refractivity contribution in [3.63, 3.8) is 0 Å². The van der Waals surface area contributed by atoms with Gasteiger partial charge >= 0.3 is 29.8 Å².